The molecular weight excluding hydrogens is 566 g/mol. The van der Waals surface area contributed by atoms with E-state index in [1.165, 1.54) is 21.9 Å². The minimum absolute atomic E-state index is 0. The Hall–Kier alpha value is -1.46. The zero-order chi connectivity index (χ0) is 16.5. The maximum atomic E-state index is 2.27. The summed E-state index contributed by atoms with van der Waals surface area (Å²) in [6.07, 6.45) is 12.6. The van der Waals surface area contributed by atoms with Crippen molar-refractivity contribution in [3.8, 4) is 0 Å². The molecule has 0 spiro atoms. The van der Waals surface area contributed by atoms with E-state index in [-0.39, 0.29) is 53.4 Å². The molecule has 2 aromatic heterocycles. The molecule has 2 aromatic carbocycles. The average molecular weight is 590 g/mol. The van der Waals surface area contributed by atoms with Gasteiger partial charge in [0.15, 0.2) is 0 Å². The maximum absolute atomic E-state index is 2.27. The summed E-state index contributed by atoms with van der Waals surface area (Å²) in [5.74, 6) is 0. The first kappa shape index (κ1) is 23.6. The van der Waals surface area contributed by atoms with Gasteiger partial charge in [0.2, 0.25) is 12.7 Å². The lowest BCUT2D eigenvalue weighted by molar-refractivity contribution is -0.671. The Labute approximate surface area is 193 Å². The normalized spacial score (nSPS) is 10.0. The molecule has 0 fully saturated rings. The van der Waals surface area contributed by atoms with E-state index < -0.39 is 0 Å². The fourth-order valence-electron chi connectivity index (χ4n) is 3.28. The highest BCUT2D eigenvalue weighted by Gasteiger charge is 2.11. The number of benzene rings is 2. The van der Waals surface area contributed by atoms with Gasteiger partial charge < -0.3 is 53.4 Å². The molecule has 0 radical (unpaired) electrons. The van der Waals surface area contributed by atoms with Gasteiger partial charge in [-0.05, 0) is 10.8 Å². The molecule has 4 rings (SSSR count). The van der Waals surface area contributed by atoms with Gasteiger partial charge in [0.05, 0.1) is 14.1 Å². The Morgan fingerprint density at radius 1 is 0.704 bits per heavy atom. The average Bonchev–Trinajstić information content (AvgIpc) is 3.18. The number of halogens is 2. The Bertz CT molecular complexity index is 929. The van der Waals surface area contributed by atoms with Crippen molar-refractivity contribution < 1.29 is 62.6 Å². The lowest BCUT2D eigenvalue weighted by Crippen LogP contribution is -3.00. The largest absolute Gasteiger partial charge is 1.00 e. The second-order valence-corrected chi connectivity index (χ2v) is 6.43. The second kappa shape index (κ2) is 10.2. The fourth-order valence-corrected chi connectivity index (χ4v) is 3.28. The molecule has 0 saturated carbocycles. The van der Waals surface area contributed by atoms with Gasteiger partial charge >= 0.3 is 0 Å². The van der Waals surface area contributed by atoms with Crippen molar-refractivity contribution in [1.29, 1.82) is 0 Å². The van der Waals surface area contributed by atoms with Crippen LogP contribution in [0.2, 0.25) is 0 Å². The first-order chi connectivity index (χ1) is 11.7. The van der Waals surface area contributed by atoms with Gasteiger partial charge in [-0.25, -0.2) is 18.3 Å². The van der Waals surface area contributed by atoms with Crippen LogP contribution in [0.3, 0.4) is 0 Å². The third-order valence-electron chi connectivity index (χ3n) is 4.46. The summed E-state index contributed by atoms with van der Waals surface area (Å²) in [4.78, 5) is 0. The van der Waals surface area contributed by atoms with Crippen LogP contribution in [0.1, 0.15) is 11.1 Å². The van der Waals surface area contributed by atoms with Crippen molar-refractivity contribution in [3.63, 3.8) is 0 Å². The minimum atomic E-state index is 0. The van der Waals surface area contributed by atoms with Crippen LogP contribution in [0.5, 0.6) is 0 Å². The number of aryl methyl sites for hydroxylation is 2. The Morgan fingerprint density at radius 2 is 1.11 bits per heavy atom. The number of fused-ring (bicyclic) bond motifs is 1. The number of imidazole rings is 2. The lowest BCUT2D eigenvalue weighted by Gasteiger charge is -2.09. The van der Waals surface area contributed by atoms with Crippen LogP contribution in [0, 0.1) is 0 Å². The monoisotopic (exact) mass is 590 g/mol. The van der Waals surface area contributed by atoms with Crippen LogP contribution in [0.25, 0.3) is 10.8 Å². The predicted molar refractivity (Wildman–Crippen MR) is 97.0 cm³/mol. The zero-order valence-electron chi connectivity index (χ0n) is 15.4. The highest BCUT2D eigenvalue weighted by Crippen LogP contribution is 2.24. The molecular formula is C20H24I2N4O. The predicted octanol–water partition coefficient (Wildman–Crippen LogP) is -4.63. The number of hydrogen-bond acceptors (Lipinski definition) is 0. The van der Waals surface area contributed by atoms with Gasteiger partial charge in [0, 0.05) is 11.1 Å². The van der Waals surface area contributed by atoms with E-state index in [4.69, 9.17) is 0 Å². The van der Waals surface area contributed by atoms with Crippen LogP contribution < -0.4 is 57.1 Å². The van der Waals surface area contributed by atoms with E-state index in [1.807, 2.05) is 0 Å². The van der Waals surface area contributed by atoms with Crippen molar-refractivity contribution in [2.24, 2.45) is 14.1 Å². The Balaban J connectivity index is 0.00000121. The first-order valence-corrected chi connectivity index (χ1v) is 8.20. The molecule has 2 heterocycles. The van der Waals surface area contributed by atoms with Gasteiger partial charge in [-0.15, -0.1) is 0 Å². The summed E-state index contributed by atoms with van der Waals surface area (Å²) < 4.78 is 8.58. The van der Waals surface area contributed by atoms with Gasteiger partial charge in [0.1, 0.15) is 37.9 Å². The molecule has 0 unspecified atom stereocenters. The van der Waals surface area contributed by atoms with Crippen molar-refractivity contribution in [3.05, 3.63) is 85.0 Å². The van der Waals surface area contributed by atoms with Crippen LogP contribution in [0.4, 0.5) is 0 Å². The first-order valence-electron chi connectivity index (χ1n) is 8.20. The molecule has 5 nitrogen and oxygen atoms in total. The van der Waals surface area contributed by atoms with E-state index in [0.717, 1.165) is 13.1 Å². The standard InChI is InChI=1S/C20H22N4.2HI.H2O/c1-21-9-11-23(15-21)13-17-7-8-18(14-24-12-10-22(2)16-24)20-6-4-3-5-19(17)20;;;/h3-12,15-16H,13-14H2,1-2H3;2*1H;1H2/q+2;;;/p-2. The summed E-state index contributed by atoms with van der Waals surface area (Å²) in [6.45, 7) is 1.78. The molecule has 2 N–H and O–H groups in total. The van der Waals surface area contributed by atoms with Gasteiger partial charge in [0.25, 0.3) is 0 Å². The molecule has 144 valence electrons. The summed E-state index contributed by atoms with van der Waals surface area (Å²) >= 11 is 0. The lowest BCUT2D eigenvalue weighted by atomic mass is 9.99. The molecule has 7 heteroatoms. The summed E-state index contributed by atoms with van der Waals surface area (Å²) in [7, 11) is 4.10. The Morgan fingerprint density at radius 3 is 1.44 bits per heavy atom. The highest BCUT2D eigenvalue weighted by molar-refractivity contribution is 5.88. The molecule has 0 saturated heterocycles. The van der Waals surface area contributed by atoms with Crippen LogP contribution in [0.15, 0.2) is 73.8 Å². The molecule has 0 aliphatic carbocycles. The van der Waals surface area contributed by atoms with Crippen molar-refractivity contribution >= 4 is 10.8 Å². The third-order valence-corrected chi connectivity index (χ3v) is 4.46. The summed E-state index contributed by atoms with van der Waals surface area (Å²) in [6, 6.07) is 13.2. The second-order valence-electron chi connectivity index (χ2n) is 6.43. The van der Waals surface area contributed by atoms with E-state index in [2.05, 4.69) is 106 Å². The molecule has 4 aromatic rings. The van der Waals surface area contributed by atoms with Gasteiger partial charge in [-0.1, -0.05) is 36.4 Å². The zero-order valence-corrected chi connectivity index (χ0v) is 19.7. The molecule has 0 aliphatic heterocycles. The summed E-state index contributed by atoms with van der Waals surface area (Å²) in [5, 5.41) is 2.67. The van der Waals surface area contributed by atoms with Gasteiger partial charge in [-0.3, -0.25) is 0 Å². The molecule has 0 bridgehead atoms. The smallest absolute Gasteiger partial charge is 0.243 e. The number of hydrogen-bond donors (Lipinski definition) is 0. The van der Waals surface area contributed by atoms with E-state index in [0.29, 0.717) is 0 Å². The highest BCUT2D eigenvalue weighted by atomic mass is 127. The SMILES string of the molecule is C[n+]1ccn(Cc2ccc(Cn3cc[n+](C)c3)c3ccccc23)c1.O.[I-].[I-]. The van der Waals surface area contributed by atoms with Crippen molar-refractivity contribution in [2.45, 2.75) is 13.1 Å². The van der Waals surface area contributed by atoms with E-state index in [9.17, 15) is 0 Å². The third kappa shape index (κ3) is 5.29. The van der Waals surface area contributed by atoms with Crippen LogP contribution in [-0.4, -0.2) is 14.6 Å². The fraction of sp³-hybridized carbons (Fsp3) is 0.200. The maximum Gasteiger partial charge on any atom is 0.243 e. The quantitative estimate of drug-likeness (QED) is 0.170. The Kier molecular flexibility index (Phi) is 8.89. The van der Waals surface area contributed by atoms with Crippen LogP contribution in [-0.2, 0) is 27.2 Å². The number of rotatable bonds is 4. The van der Waals surface area contributed by atoms with E-state index >= 15 is 0 Å². The minimum Gasteiger partial charge on any atom is -1.00 e. The molecule has 0 amide bonds. The topological polar surface area (TPSA) is 49.1 Å². The van der Waals surface area contributed by atoms with E-state index in [1.54, 1.807) is 0 Å². The molecule has 0 atom stereocenters. The van der Waals surface area contributed by atoms with Gasteiger partial charge in [-0.2, -0.15) is 0 Å². The molecule has 0 aliphatic rings. The van der Waals surface area contributed by atoms with Crippen molar-refractivity contribution in [1.82, 2.24) is 9.13 Å². The number of aromatic nitrogens is 4. The number of nitrogens with zero attached hydrogens (tertiary/aromatic N) is 4. The van der Waals surface area contributed by atoms with Crippen LogP contribution >= 0.6 is 0 Å². The molecule has 27 heavy (non-hydrogen) atoms. The summed E-state index contributed by atoms with van der Waals surface area (Å²) in [5.41, 5.74) is 2.70. The van der Waals surface area contributed by atoms with Crippen molar-refractivity contribution in [2.75, 3.05) is 0 Å².